The molecule has 3 N–H and O–H groups in total. The van der Waals surface area contributed by atoms with Gasteiger partial charge in [-0.3, -0.25) is 4.55 Å². The summed E-state index contributed by atoms with van der Waals surface area (Å²) in [5, 5.41) is 19.3. The molecule has 2 aromatic rings. The fraction of sp³-hybridized carbons (Fsp3) is 0.435. The second-order valence-corrected chi connectivity index (χ2v) is 8.58. The van der Waals surface area contributed by atoms with Crippen LogP contribution in [0.15, 0.2) is 39.6 Å². The number of unbranched alkanes of at least 4 members (excludes halogenated alkanes) is 5. The molecule has 0 aliphatic carbocycles. The van der Waals surface area contributed by atoms with Crippen molar-refractivity contribution in [3.8, 4) is 17.2 Å². The summed E-state index contributed by atoms with van der Waals surface area (Å²) in [6, 6.07) is 5.45. The first-order valence-electron chi connectivity index (χ1n) is 10.7. The van der Waals surface area contributed by atoms with Crippen molar-refractivity contribution >= 4 is 16.5 Å². The Balaban J connectivity index is 2.08. The topological polar surface area (TPSA) is 134 Å². The molecule has 0 unspecified atom stereocenters. The first-order chi connectivity index (χ1) is 15.2. The minimum atomic E-state index is -4.79. The van der Waals surface area contributed by atoms with Crippen LogP contribution in [-0.2, 0) is 23.2 Å². The van der Waals surface area contributed by atoms with E-state index in [-0.39, 0.29) is 41.4 Å². The normalized spacial score (nSPS) is 11.8. The molecule has 0 amide bonds. The highest BCUT2D eigenvalue weighted by atomic mass is 32.3. The Kier molecular flexibility index (Phi) is 9.80. The summed E-state index contributed by atoms with van der Waals surface area (Å²) in [7, 11) is -4.79. The first-order valence-corrected chi connectivity index (χ1v) is 12.1. The maximum atomic E-state index is 12.4. The molecule has 32 heavy (non-hydrogen) atoms. The average molecular weight is 467 g/mol. The van der Waals surface area contributed by atoms with Crippen LogP contribution in [0.2, 0.25) is 0 Å². The summed E-state index contributed by atoms with van der Waals surface area (Å²) in [5.74, 6) is 0.00177. The summed E-state index contributed by atoms with van der Waals surface area (Å²) >= 11 is 0. The quantitative estimate of drug-likeness (QED) is 0.218. The number of allylic oxidation sites excluding steroid dienone is 1. The number of hydrogen-bond donors (Lipinski definition) is 3. The zero-order valence-corrected chi connectivity index (χ0v) is 18.9. The van der Waals surface area contributed by atoms with E-state index in [1.165, 1.54) is 24.3 Å². The minimum Gasteiger partial charge on any atom is -0.508 e. The van der Waals surface area contributed by atoms with Crippen molar-refractivity contribution in [2.24, 2.45) is 0 Å². The Morgan fingerprint density at radius 3 is 2.47 bits per heavy atom. The largest absolute Gasteiger partial charge is 0.508 e. The summed E-state index contributed by atoms with van der Waals surface area (Å²) in [6.45, 7) is 2.12. The summed E-state index contributed by atoms with van der Waals surface area (Å²) in [6.07, 6.45) is 10.2. The molecule has 0 saturated carbocycles. The van der Waals surface area contributed by atoms with Crippen LogP contribution < -0.4 is 9.81 Å². The Hall–Kier alpha value is -2.78. The number of aryl methyl sites for hydroxylation is 1. The summed E-state index contributed by atoms with van der Waals surface area (Å²) in [5.41, 5.74) is -0.178. The number of aromatic hydroxyl groups is 2. The number of phenolic OH excluding ortho intramolecular Hbond substituents is 2. The second-order valence-electron chi connectivity index (χ2n) is 7.56. The van der Waals surface area contributed by atoms with Gasteiger partial charge in [0.15, 0.2) is 5.75 Å². The van der Waals surface area contributed by atoms with Crippen molar-refractivity contribution in [3.63, 3.8) is 0 Å². The zero-order valence-electron chi connectivity index (χ0n) is 18.1. The van der Waals surface area contributed by atoms with Gasteiger partial charge >= 0.3 is 16.0 Å². The van der Waals surface area contributed by atoms with E-state index in [4.69, 9.17) is 8.97 Å². The SMILES string of the molecule is CCCCCCCCc1c(OS(=O)(=O)O)cc(CC/C=C/c2cc(O)ccc2O)oc1=O. The van der Waals surface area contributed by atoms with Gasteiger partial charge < -0.3 is 18.8 Å². The van der Waals surface area contributed by atoms with Crippen LogP contribution in [0.4, 0.5) is 0 Å². The molecule has 8 nitrogen and oxygen atoms in total. The molecule has 0 aliphatic heterocycles. The molecule has 9 heteroatoms. The van der Waals surface area contributed by atoms with Gasteiger partial charge in [-0.25, -0.2) is 4.79 Å². The van der Waals surface area contributed by atoms with Gasteiger partial charge in [-0.15, -0.1) is 0 Å². The molecule has 0 atom stereocenters. The third-order valence-electron chi connectivity index (χ3n) is 4.90. The molecule has 2 rings (SSSR count). The van der Waals surface area contributed by atoms with E-state index in [9.17, 15) is 23.4 Å². The van der Waals surface area contributed by atoms with E-state index in [2.05, 4.69) is 11.1 Å². The molecule has 0 saturated heterocycles. The van der Waals surface area contributed by atoms with Gasteiger partial charge in [0.2, 0.25) is 0 Å². The van der Waals surface area contributed by atoms with E-state index < -0.39 is 16.0 Å². The van der Waals surface area contributed by atoms with Crippen molar-refractivity contribution in [2.45, 2.75) is 64.7 Å². The van der Waals surface area contributed by atoms with Gasteiger partial charge in [0.1, 0.15) is 17.3 Å². The lowest BCUT2D eigenvalue weighted by molar-refractivity contribution is 0.376. The summed E-state index contributed by atoms with van der Waals surface area (Å²) < 4.78 is 41.6. The van der Waals surface area contributed by atoms with Crippen LogP contribution in [0, 0.1) is 0 Å². The summed E-state index contributed by atoms with van der Waals surface area (Å²) in [4.78, 5) is 12.4. The van der Waals surface area contributed by atoms with E-state index in [0.29, 0.717) is 18.4 Å². The molecular formula is C23H30O8S. The van der Waals surface area contributed by atoms with Crippen molar-refractivity contribution < 1.29 is 31.8 Å². The molecule has 0 aliphatic rings. The third kappa shape index (κ3) is 8.76. The Morgan fingerprint density at radius 1 is 1.03 bits per heavy atom. The maximum Gasteiger partial charge on any atom is 0.446 e. The highest BCUT2D eigenvalue weighted by Gasteiger charge is 2.18. The number of benzene rings is 1. The smallest absolute Gasteiger partial charge is 0.446 e. The van der Waals surface area contributed by atoms with E-state index >= 15 is 0 Å². The highest BCUT2D eigenvalue weighted by molar-refractivity contribution is 7.81. The van der Waals surface area contributed by atoms with Gasteiger partial charge in [0.05, 0.1) is 5.56 Å². The predicted octanol–water partition coefficient (Wildman–Crippen LogP) is 4.78. The monoisotopic (exact) mass is 466 g/mol. The van der Waals surface area contributed by atoms with Gasteiger partial charge in [-0.1, -0.05) is 51.2 Å². The Morgan fingerprint density at radius 2 is 1.75 bits per heavy atom. The van der Waals surface area contributed by atoms with Gasteiger partial charge in [0.25, 0.3) is 0 Å². The van der Waals surface area contributed by atoms with Crippen molar-refractivity contribution in [2.75, 3.05) is 0 Å². The molecule has 0 spiro atoms. The fourth-order valence-electron chi connectivity index (χ4n) is 3.27. The van der Waals surface area contributed by atoms with Crippen molar-refractivity contribution in [1.82, 2.24) is 0 Å². The molecule has 1 aromatic heterocycles. The number of rotatable bonds is 13. The molecule has 0 radical (unpaired) electrons. The van der Waals surface area contributed by atoms with Crippen LogP contribution in [0.25, 0.3) is 6.08 Å². The lowest BCUT2D eigenvalue weighted by atomic mass is 10.1. The van der Waals surface area contributed by atoms with Crippen LogP contribution >= 0.6 is 0 Å². The van der Waals surface area contributed by atoms with E-state index in [1.54, 1.807) is 12.2 Å². The highest BCUT2D eigenvalue weighted by Crippen LogP contribution is 2.24. The lowest BCUT2D eigenvalue weighted by Crippen LogP contribution is -2.15. The van der Waals surface area contributed by atoms with Crippen LogP contribution in [0.3, 0.4) is 0 Å². The van der Waals surface area contributed by atoms with E-state index in [0.717, 1.165) is 32.1 Å². The van der Waals surface area contributed by atoms with Gasteiger partial charge in [-0.05, 0) is 37.5 Å². The van der Waals surface area contributed by atoms with Crippen molar-refractivity contribution in [3.05, 3.63) is 57.6 Å². The molecular weight excluding hydrogens is 436 g/mol. The van der Waals surface area contributed by atoms with Gasteiger partial charge in [0, 0.05) is 18.1 Å². The second kappa shape index (κ2) is 12.3. The minimum absolute atomic E-state index is 0.00784. The molecule has 1 aromatic carbocycles. The van der Waals surface area contributed by atoms with Gasteiger partial charge in [-0.2, -0.15) is 8.42 Å². The van der Waals surface area contributed by atoms with E-state index in [1.807, 2.05) is 0 Å². The van der Waals surface area contributed by atoms with Crippen LogP contribution in [-0.4, -0.2) is 23.2 Å². The number of hydrogen-bond acceptors (Lipinski definition) is 7. The molecule has 0 bridgehead atoms. The molecule has 0 fully saturated rings. The maximum absolute atomic E-state index is 12.4. The zero-order chi connectivity index (χ0) is 23.6. The first kappa shape index (κ1) is 25.5. The number of phenols is 2. The van der Waals surface area contributed by atoms with Crippen LogP contribution in [0.1, 0.15) is 68.8 Å². The Labute approximate surface area is 188 Å². The average Bonchev–Trinajstić information content (AvgIpc) is 2.70. The molecule has 1 heterocycles. The standard InChI is InChI=1S/C23H30O8S/c1-2-3-4-5-6-7-12-20-22(31-32(27,28)29)16-19(30-23(20)26)11-9-8-10-17-15-18(24)13-14-21(17)25/h8,10,13-16,24-25H,2-7,9,11-12H2,1H3,(H,27,28,29)/b10-8+. The fourth-order valence-corrected chi connectivity index (χ4v) is 3.65. The third-order valence-corrected chi connectivity index (χ3v) is 5.29. The Bertz CT molecular complexity index is 1070. The van der Waals surface area contributed by atoms with Crippen LogP contribution in [0.5, 0.6) is 17.2 Å². The predicted molar refractivity (Wildman–Crippen MR) is 121 cm³/mol. The van der Waals surface area contributed by atoms with Crippen molar-refractivity contribution in [1.29, 1.82) is 0 Å². The molecule has 176 valence electrons. The lowest BCUT2D eigenvalue weighted by Gasteiger charge is -2.09.